The molecule has 0 saturated heterocycles. The van der Waals surface area contributed by atoms with E-state index in [0.717, 1.165) is 29.7 Å². The Morgan fingerprint density at radius 1 is 1.41 bits per heavy atom. The number of aryl methyl sites for hydroxylation is 1. The van der Waals surface area contributed by atoms with Gasteiger partial charge in [0.05, 0.1) is 0 Å². The van der Waals surface area contributed by atoms with Crippen molar-refractivity contribution in [2.45, 2.75) is 33.2 Å². The highest BCUT2D eigenvalue weighted by Crippen LogP contribution is 2.18. The first kappa shape index (κ1) is 13.5. The van der Waals surface area contributed by atoms with Crippen molar-refractivity contribution in [3.05, 3.63) is 29.3 Å². The number of anilines is 1. The van der Waals surface area contributed by atoms with Crippen LogP contribution >= 0.6 is 0 Å². The maximum Gasteiger partial charge on any atom is 0.319 e. The Morgan fingerprint density at radius 2 is 2.18 bits per heavy atom. The molecule has 4 N–H and O–H groups in total. The number of hydrogen-bond donors (Lipinski definition) is 3. The van der Waals surface area contributed by atoms with Crippen LogP contribution in [0, 0.1) is 6.92 Å². The van der Waals surface area contributed by atoms with Crippen molar-refractivity contribution in [2.75, 3.05) is 11.9 Å². The largest absolute Gasteiger partial charge is 0.338 e. The third kappa shape index (κ3) is 4.07. The molecule has 0 aliphatic rings. The van der Waals surface area contributed by atoms with Gasteiger partial charge in [0, 0.05) is 18.8 Å². The van der Waals surface area contributed by atoms with E-state index >= 15 is 0 Å². The van der Waals surface area contributed by atoms with Gasteiger partial charge in [-0.3, -0.25) is 0 Å². The number of rotatable bonds is 5. The fourth-order valence-corrected chi connectivity index (χ4v) is 1.64. The Hall–Kier alpha value is -1.55. The summed E-state index contributed by atoms with van der Waals surface area (Å²) in [6.45, 7) is 5.21. The maximum absolute atomic E-state index is 11.6. The van der Waals surface area contributed by atoms with Crippen molar-refractivity contribution in [3.8, 4) is 0 Å². The van der Waals surface area contributed by atoms with Crippen molar-refractivity contribution in [1.82, 2.24) is 5.32 Å². The average Bonchev–Trinajstić information content (AvgIpc) is 2.29. The minimum absolute atomic E-state index is 0.168. The van der Waals surface area contributed by atoms with E-state index < -0.39 is 0 Å². The minimum Gasteiger partial charge on any atom is -0.338 e. The third-order valence-corrected chi connectivity index (χ3v) is 2.68. The van der Waals surface area contributed by atoms with Crippen molar-refractivity contribution >= 4 is 11.7 Å². The molecule has 0 unspecified atom stereocenters. The summed E-state index contributed by atoms with van der Waals surface area (Å²) in [4.78, 5) is 11.6. The quantitative estimate of drug-likeness (QED) is 0.686. The molecule has 0 saturated carbocycles. The van der Waals surface area contributed by atoms with Crippen molar-refractivity contribution in [1.29, 1.82) is 0 Å². The molecular formula is C13H21N3O. The summed E-state index contributed by atoms with van der Waals surface area (Å²) in [6, 6.07) is 5.60. The van der Waals surface area contributed by atoms with Gasteiger partial charge < -0.3 is 16.4 Å². The normalized spacial score (nSPS) is 10.1. The van der Waals surface area contributed by atoms with Crippen LogP contribution in [-0.4, -0.2) is 12.6 Å². The molecule has 1 rings (SSSR count). The Labute approximate surface area is 103 Å². The van der Waals surface area contributed by atoms with Crippen LogP contribution in [0.15, 0.2) is 18.2 Å². The first-order valence-corrected chi connectivity index (χ1v) is 6.02. The number of amides is 2. The zero-order chi connectivity index (χ0) is 12.7. The molecule has 0 atom stereocenters. The standard InChI is InChI=1S/C13H21N3O/c1-3-4-8-15-13(17)16-12-7-5-6-10(2)11(12)9-14/h5-7H,3-4,8-9,14H2,1-2H3,(H2,15,16,17). The van der Waals surface area contributed by atoms with Crippen LogP contribution in [0.3, 0.4) is 0 Å². The number of hydrogen-bond acceptors (Lipinski definition) is 2. The number of unbranched alkanes of at least 4 members (excludes halogenated alkanes) is 1. The van der Waals surface area contributed by atoms with Crippen molar-refractivity contribution in [3.63, 3.8) is 0 Å². The molecule has 0 spiro atoms. The third-order valence-electron chi connectivity index (χ3n) is 2.68. The van der Waals surface area contributed by atoms with E-state index in [1.54, 1.807) is 0 Å². The lowest BCUT2D eigenvalue weighted by atomic mass is 10.1. The molecule has 4 heteroatoms. The van der Waals surface area contributed by atoms with Gasteiger partial charge >= 0.3 is 6.03 Å². The van der Waals surface area contributed by atoms with Crippen LogP contribution < -0.4 is 16.4 Å². The molecule has 2 amide bonds. The molecule has 0 radical (unpaired) electrons. The van der Waals surface area contributed by atoms with E-state index in [1.165, 1.54) is 0 Å². The van der Waals surface area contributed by atoms with E-state index in [4.69, 9.17) is 5.73 Å². The molecule has 1 aromatic rings. The van der Waals surface area contributed by atoms with Crippen molar-refractivity contribution < 1.29 is 4.79 Å². The zero-order valence-corrected chi connectivity index (χ0v) is 10.5. The maximum atomic E-state index is 11.6. The first-order valence-electron chi connectivity index (χ1n) is 6.02. The lowest BCUT2D eigenvalue weighted by molar-refractivity contribution is 0.252. The Kier molecular flexibility index (Phi) is 5.49. The smallest absolute Gasteiger partial charge is 0.319 e. The van der Waals surface area contributed by atoms with Gasteiger partial charge in [-0.25, -0.2) is 4.79 Å². The molecule has 0 aliphatic heterocycles. The molecule has 0 fully saturated rings. The molecule has 0 bridgehead atoms. The average molecular weight is 235 g/mol. The van der Waals surface area contributed by atoms with Gasteiger partial charge in [-0.05, 0) is 30.5 Å². The van der Waals surface area contributed by atoms with E-state index in [1.807, 2.05) is 25.1 Å². The van der Waals surface area contributed by atoms with Gasteiger partial charge in [-0.2, -0.15) is 0 Å². The van der Waals surface area contributed by atoms with Gasteiger partial charge in [0.25, 0.3) is 0 Å². The van der Waals surface area contributed by atoms with Crippen molar-refractivity contribution in [2.24, 2.45) is 5.73 Å². The second kappa shape index (κ2) is 6.91. The van der Waals surface area contributed by atoms with Crippen LogP contribution in [0.5, 0.6) is 0 Å². The van der Waals surface area contributed by atoms with E-state index in [-0.39, 0.29) is 6.03 Å². The lowest BCUT2D eigenvalue weighted by Gasteiger charge is -2.12. The SMILES string of the molecule is CCCCNC(=O)Nc1cccc(C)c1CN. The Bertz CT molecular complexity index is 377. The fraction of sp³-hybridized carbons (Fsp3) is 0.462. The predicted molar refractivity (Wildman–Crippen MR) is 71.0 cm³/mol. The van der Waals surface area contributed by atoms with E-state index in [9.17, 15) is 4.79 Å². The fourth-order valence-electron chi connectivity index (χ4n) is 1.64. The molecule has 0 aromatic heterocycles. The minimum atomic E-state index is -0.168. The molecular weight excluding hydrogens is 214 g/mol. The number of urea groups is 1. The topological polar surface area (TPSA) is 67.2 Å². The molecule has 1 aromatic carbocycles. The second-order valence-electron chi connectivity index (χ2n) is 4.04. The summed E-state index contributed by atoms with van der Waals surface area (Å²) in [5, 5.41) is 5.64. The summed E-state index contributed by atoms with van der Waals surface area (Å²) in [6.07, 6.45) is 2.06. The van der Waals surface area contributed by atoms with Crippen LogP contribution in [-0.2, 0) is 6.54 Å². The predicted octanol–water partition coefficient (Wildman–Crippen LogP) is 2.38. The molecule has 4 nitrogen and oxygen atoms in total. The summed E-state index contributed by atoms with van der Waals surface area (Å²) < 4.78 is 0. The van der Waals surface area contributed by atoms with Crippen LogP contribution in [0.4, 0.5) is 10.5 Å². The number of benzene rings is 1. The highest BCUT2D eigenvalue weighted by atomic mass is 16.2. The molecule has 94 valence electrons. The molecule has 0 heterocycles. The van der Waals surface area contributed by atoms with Crippen LogP contribution in [0.1, 0.15) is 30.9 Å². The number of nitrogens with one attached hydrogen (secondary N) is 2. The van der Waals surface area contributed by atoms with Gasteiger partial charge in [0.1, 0.15) is 0 Å². The summed E-state index contributed by atoms with van der Waals surface area (Å²) in [5.41, 5.74) is 8.55. The zero-order valence-electron chi connectivity index (χ0n) is 10.5. The second-order valence-corrected chi connectivity index (χ2v) is 4.04. The summed E-state index contributed by atoms with van der Waals surface area (Å²) in [7, 11) is 0. The summed E-state index contributed by atoms with van der Waals surface area (Å²) >= 11 is 0. The van der Waals surface area contributed by atoms with Gasteiger partial charge in [-0.1, -0.05) is 25.5 Å². The van der Waals surface area contributed by atoms with Gasteiger partial charge in [0.15, 0.2) is 0 Å². The molecule has 0 aliphatic carbocycles. The van der Waals surface area contributed by atoms with Gasteiger partial charge in [0.2, 0.25) is 0 Å². The summed E-state index contributed by atoms with van der Waals surface area (Å²) in [5.74, 6) is 0. The number of carbonyl (C=O) groups excluding carboxylic acids is 1. The lowest BCUT2D eigenvalue weighted by Crippen LogP contribution is -2.30. The Balaban J connectivity index is 2.61. The highest BCUT2D eigenvalue weighted by Gasteiger charge is 2.06. The number of carbonyl (C=O) groups is 1. The highest BCUT2D eigenvalue weighted by molar-refractivity contribution is 5.90. The van der Waals surface area contributed by atoms with Crippen LogP contribution in [0.2, 0.25) is 0 Å². The monoisotopic (exact) mass is 235 g/mol. The molecule has 17 heavy (non-hydrogen) atoms. The van der Waals surface area contributed by atoms with Gasteiger partial charge in [-0.15, -0.1) is 0 Å². The number of nitrogens with two attached hydrogens (primary N) is 1. The van der Waals surface area contributed by atoms with E-state index in [2.05, 4.69) is 17.6 Å². The van der Waals surface area contributed by atoms with E-state index in [0.29, 0.717) is 13.1 Å². The Morgan fingerprint density at radius 3 is 2.82 bits per heavy atom. The first-order chi connectivity index (χ1) is 8.19. The van der Waals surface area contributed by atoms with Crippen LogP contribution in [0.25, 0.3) is 0 Å².